The average molecular weight is 459 g/mol. The second kappa shape index (κ2) is 6.20. The van der Waals surface area contributed by atoms with E-state index in [2.05, 4.69) is 31.3 Å². The van der Waals surface area contributed by atoms with Crippen LogP contribution >= 0.6 is 15.9 Å². The molecule has 2 unspecified atom stereocenters. The summed E-state index contributed by atoms with van der Waals surface area (Å²) >= 11 is 3.38. The summed E-state index contributed by atoms with van der Waals surface area (Å²) in [4.78, 5) is 17.9. The van der Waals surface area contributed by atoms with E-state index in [-0.39, 0.29) is 16.9 Å². The van der Waals surface area contributed by atoms with Gasteiger partial charge >= 0.3 is 0 Å². The first-order valence-electron chi connectivity index (χ1n) is 10.3. The molecule has 152 valence electrons. The summed E-state index contributed by atoms with van der Waals surface area (Å²) in [5, 5.41) is 7.78. The Labute approximate surface area is 177 Å². The van der Waals surface area contributed by atoms with Crippen LogP contribution in [0.1, 0.15) is 38.5 Å². The van der Waals surface area contributed by atoms with Crippen LogP contribution in [-0.2, 0) is 10.3 Å². The minimum Gasteiger partial charge on any atom is -0.486 e. The van der Waals surface area contributed by atoms with Gasteiger partial charge in [-0.2, -0.15) is 0 Å². The van der Waals surface area contributed by atoms with Crippen LogP contribution in [-0.4, -0.2) is 33.9 Å². The van der Waals surface area contributed by atoms with Gasteiger partial charge in [-0.3, -0.25) is 4.79 Å². The second-order valence-corrected chi connectivity index (χ2v) is 9.95. The third-order valence-electron chi connectivity index (χ3n) is 7.26. The highest BCUT2D eigenvalue weighted by Gasteiger charge is 2.61. The lowest BCUT2D eigenvalue weighted by Gasteiger charge is -2.60. The fraction of sp³-hybridized carbons (Fsp3) is 0.571. The second-order valence-electron chi connectivity index (χ2n) is 9.24. The van der Waals surface area contributed by atoms with Gasteiger partial charge in [0.2, 0.25) is 10.6 Å². The van der Waals surface area contributed by atoms with Gasteiger partial charge in [0.1, 0.15) is 19.5 Å². The van der Waals surface area contributed by atoms with Gasteiger partial charge in [0.05, 0.1) is 11.0 Å². The first-order valence-corrected chi connectivity index (χ1v) is 11.1. The fourth-order valence-corrected chi connectivity index (χ4v) is 6.87. The first kappa shape index (κ1) is 17.7. The molecule has 1 aliphatic heterocycles. The van der Waals surface area contributed by atoms with E-state index in [9.17, 15) is 4.79 Å². The predicted octanol–water partition coefficient (Wildman–Crippen LogP) is 3.75. The number of hydrogen-bond acceptors (Lipinski definition) is 5. The number of aromatic nitrogens is 3. The highest BCUT2D eigenvalue weighted by atomic mass is 79.9. The molecule has 29 heavy (non-hydrogen) atoms. The molecule has 5 aliphatic rings. The van der Waals surface area contributed by atoms with E-state index in [4.69, 9.17) is 9.47 Å². The lowest BCUT2D eigenvalue weighted by atomic mass is 9.46. The number of nitrogens with zero attached hydrogens (tertiary/aromatic N) is 3. The topological polar surface area (TPSA) is 78.3 Å². The van der Waals surface area contributed by atoms with Crippen LogP contribution in [0.25, 0.3) is 0 Å². The molecule has 2 atom stereocenters. The van der Waals surface area contributed by atoms with Crippen LogP contribution in [0.2, 0.25) is 0 Å². The molecule has 1 N–H and O–H groups in total. The number of benzene rings is 1. The van der Waals surface area contributed by atoms with E-state index in [0.717, 1.165) is 43.5 Å². The summed E-state index contributed by atoms with van der Waals surface area (Å²) in [5.74, 6) is 2.71. The molecule has 1 amide bonds. The molecule has 2 aromatic rings. The van der Waals surface area contributed by atoms with Crippen molar-refractivity contribution in [2.75, 3.05) is 18.5 Å². The number of amides is 1. The molecule has 7 nitrogen and oxygen atoms in total. The fourth-order valence-electron chi connectivity index (χ4n) is 6.60. The van der Waals surface area contributed by atoms with E-state index < -0.39 is 0 Å². The van der Waals surface area contributed by atoms with Crippen molar-refractivity contribution in [3.8, 4) is 11.5 Å². The van der Waals surface area contributed by atoms with Gasteiger partial charge in [-0.05, 0) is 78.4 Å². The standard InChI is InChI=1S/C21H23BrN4O3/c22-19-23-12-26(25-19)21-9-13-5-14(10-21)8-20(7-13,11-21)18(27)24-15-1-2-16-17(6-15)29-4-3-28-16/h1-2,6,12-14H,3-5,7-11H2,(H,24,27). The van der Waals surface area contributed by atoms with Gasteiger partial charge in [0, 0.05) is 11.8 Å². The predicted molar refractivity (Wildman–Crippen MR) is 109 cm³/mol. The Balaban J connectivity index is 1.30. The van der Waals surface area contributed by atoms with Crippen LogP contribution in [0, 0.1) is 17.3 Å². The maximum Gasteiger partial charge on any atom is 0.230 e. The Morgan fingerprint density at radius 1 is 1.14 bits per heavy atom. The van der Waals surface area contributed by atoms with Gasteiger partial charge in [-0.1, -0.05) is 0 Å². The molecular formula is C21H23BrN4O3. The number of anilines is 1. The maximum atomic E-state index is 13.6. The quantitative estimate of drug-likeness (QED) is 0.757. The molecule has 4 bridgehead atoms. The highest BCUT2D eigenvalue weighted by Crippen LogP contribution is 2.64. The van der Waals surface area contributed by atoms with Gasteiger partial charge in [0.25, 0.3) is 0 Å². The monoisotopic (exact) mass is 458 g/mol. The van der Waals surface area contributed by atoms with Crippen molar-refractivity contribution in [2.45, 2.75) is 44.1 Å². The normalized spacial score (nSPS) is 34.2. The number of ether oxygens (including phenoxy) is 2. The smallest absolute Gasteiger partial charge is 0.230 e. The zero-order valence-electron chi connectivity index (χ0n) is 16.1. The molecule has 1 aromatic carbocycles. The molecule has 4 saturated carbocycles. The summed E-state index contributed by atoms with van der Waals surface area (Å²) in [6.07, 6.45) is 8.02. The zero-order chi connectivity index (χ0) is 19.6. The van der Waals surface area contributed by atoms with Crippen LogP contribution < -0.4 is 14.8 Å². The van der Waals surface area contributed by atoms with Crippen molar-refractivity contribution in [1.82, 2.24) is 14.8 Å². The van der Waals surface area contributed by atoms with E-state index in [0.29, 0.717) is 35.5 Å². The Morgan fingerprint density at radius 3 is 2.62 bits per heavy atom. The Morgan fingerprint density at radius 2 is 1.90 bits per heavy atom. The van der Waals surface area contributed by atoms with E-state index in [1.165, 1.54) is 6.42 Å². The number of hydrogen-bond donors (Lipinski definition) is 1. The number of fused-ring (bicyclic) bond motifs is 1. The molecule has 7 rings (SSSR count). The van der Waals surface area contributed by atoms with E-state index in [1.54, 1.807) is 0 Å². The molecule has 0 spiro atoms. The lowest BCUT2D eigenvalue weighted by Crippen LogP contribution is -2.60. The lowest BCUT2D eigenvalue weighted by molar-refractivity contribution is -0.150. The molecule has 0 radical (unpaired) electrons. The van der Waals surface area contributed by atoms with Crippen LogP contribution in [0.5, 0.6) is 11.5 Å². The highest BCUT2D eigenvalue weighted by molar-refractivity contribution is 9.10. The molecule has 4 aliphatic carbocycles. The number of carbonyl (C=O) groups excluding carboxylic acids is 1. The number of carbonyl (C=O) groups is 1. The minimum absolute atomic E-state index is 0.0900. The van der Waals surface area contributed by atoms with E-state index >= 15 is 0 Å². The van der Waals surface area contributed by atoms with Crippen LogP contribution in [0.4, 0.5) is 5.69 Å². The number of nitrogens with one attached hydrogen (secondary N) is 1. The molecule has 1 aromatic heterocycles. The first-order chi connectivity index (χ1) is 14.0. The van der Waals surface area contributed by atoms with Crippen molar-refractivity contribution in [2.24, 2.45) is 17.3 Å². The average Bonchev–Trinajstić information content (AvgIpc) is 3.14. The third-order valence-corrected chi connectivity index (χ3v) is 7.63. The Bertz CT molecular complexity index is 976. The summed E-state index contributed by atoms with van der Waals surface area (Å²) in [5.41, 5.74) is 0.343. The molecule has 2 heterocycles. The number of rotatable bonds is 3. The third kappa shape index (κ3) is 2.79. The summed E-state index contributed by atoms with van der Waals surface area (Å²) in [6.45, 7) is 1.10. The minimum atomic E-state index is -0.338. The summed E-state index contributed by atoms with van der Waals surface area (Å²) in [7, 11) is 0. The summed E-state index contributed by atoms with van der Waals surface area (Å²) in [6, 6.07) is 5.64. The summed E-state index contributed by atoms with van der Waals surface area (Å²) < 4.78 is 13.9. The molecule has 8 heteroatoms. The van der Waals surface area contributed by atoms with Gasteiger partial charge in [-0.25, -0.2) is 9.67 Å². The largest absolute Gasteiger partial charge is 0.486 e. The molecule has 4 fully saturated rings. The van der Waals surface area contributed by atoms with E-state index in [1.807, 2.05) is 29.2 Å². The number of halogens is 1. The zero-order valence-corrected chi connectivity index (χ0v) is 17.7. The van der Waals surface area contributed by atoms with Crippen LogP contribution in [0.15, 0.2) is 29.3 Å². The van der Waals surface area contributed by atoms with Crippen molar-refractivity contribution < 1.29 is 14.3 Å². The Hall–Kier alpha value is -2.09. The maximum absolute atomic E-state index is 13.6. The molecular weight excluding hydrogens is 436 g/mol. The van der Waals surface area contributed by atoms with Crippen molar-refractivity contribution >= 4 is 27.5 Å². The molecule has 0 saturated heterocycles. The van der Waals surface area contributed by atoms with Crippen molar-refractivity contribution in [3.05, 3.63) is 29.3 Å². The van der Waals surface area contributed by atoms with Gasteiger partial charge in [-0.15, -0.1) is 5.10 Å². The van der Waals surface area contributed by atoms with Gasteiger partial charge < -0.3 is 14.8 Å². The van der Waals surface area contributed by atoms with Crippen molar-refractivity contribution in [1.29, 1.82) is 0 Å². The van der Waals surface area contributed by atoms with Gasteiger partial charge in [0.15, 0.2) is 11.5 Å². The SMILES string of the molecule is O=C(Nc1ccc2c(c1)OCCO2)C12CC3CC(C1)CC(n1cnc(Br)n1)(C3)C2. The van der Waals surface area contributed by atoms with Crippen LogP contribution in [0.3, 0.4) is 0 Å². The Kier molecular flexibility index (Phi) is 3.79. The van der Waals surface area contributed by atoms with Crippen molar-refractivity contribution in [3.63, 3.8) is 0 Å².